The Kier molecular flexibility index (Phi) is 3.75. The van der Waals surface area contributed by atoms with Crippen LogP contribution in [0.5, 0.6) is 0 Å². The van der Waals surface area contributed by atoms with E-state index in [-0.39, 0.29) is 10.8 Å². The minimum absolute atomic E-state index is 0.0409. The first kappa shape index (κ1) is 14.1. The molecule has 0 aliphatic rings. The molecule has 1 amide bonds. The zero-order valence-corrected chi connectivity index (χ0v) is 11.8. The van der Waals surface area contributed by atoms with Crippen molar-refractivity contribution in [3.63, 3.8) is 0 Å². The van der Waals surface area contributed by atoms with Gasteiger partial charge < -0.3 is 5.32 Å². The molecular weight excluding hydrogens is 280 g/mol. The molecule has 0 atom stereocenters. The summed E-state index contributed by atoms with van der Waals surface area (Å²) in [4.78, 5) is 11.1. The molecule has 8 heteroatoms. The second-order valence-corrected chi connectivity index (χ2v) is 5.93. The van der Waals surface area contributed by atoms with Crippen LogP contribution in [-0.4, -0.2) is 24.5 Å². The summed E-state index contributed by atoms with van der Waals surface area (Å²) in [5, 5.41) is 8.68. The van der Waals surface area contributed by atoms with Crippen molar-refractivity contribution in [2.75, 3.05) is 10.0 Å². The third-order valence-electron chi connectivity index (χ3n) is 2.58. The fourth-order valence-corrected chi connectivity index (χ4v) is 2.56. The Bertz CT molecular complexity index is 723. The summed E-state index contributed by atoms with van der Waals surface area (Å²) in [7, 11) is -3.68. The van der Waals surface area contributed by atoms with Gasteiger partial charge in [-0.3, -0.25) is 14.6 Å². The summed E-state index contributed by atoms with van der Waals surface area (Å²) >= 11 is 0. The molecule has 0 bridgehead atoms. The van der Waals surface area contributed by atoms with Crippen LogP contribution in [-0.2, 0) is 14.8 Å². The number of rotatable bonds is 4. The zero-order valence-electron chi connectivity index (χ0n) is 11.0. The van der Waals surface area contributed by atoms with E-state index in [9.17, 15) is 13.2 Å². The van der Waals surface area contributed by atoms with E-state index >= 15 is 0 Å². The van der Waals surface area contributed by atoms with Gasteiger partial charge in [0, 0.05) is 18.8 Å². The minimum atomic E-state index is -3.68. The van der Waals surface area contributed by atoms with E-state index in [0.717, 1.165) is 5.56 Å². The molecule has 0 aliphatic carbocycles. The number of carbonyl (C=O) groups is 1. The molecule has 0 fully saturated rings. The summed E-state index contributed by atoms with van der Waals surface area (Å²) in [6.45, 7) is 3.21. The number of sulfonamides is 1. The number of amides is 1. The van der Waals surface area contributed by atoms with Crippen LogP contribution in [0.3, 0.4) is 0 Å². The third-order valence-corrected chi connectivity index (χ3v) is 3.93. The van der Waals surface area contributed by atoms with Crippen molar-refractivity contribution in [2.24, 2.45) is 0 Å². The Hall–Kier alpha value is -2.35. The summed E-state index contributed by atoms with van der Waals surface area (Å²) in [6, 6.07) is 4.91. The highest BCUT2D eigenvalue weighted by Gasteiger charge is 2.15. The first-order valence-electron chi connectivity index (χ1n) is 5.78. The fraction of sp³-hybridized carbons (Fsp3) is 0.167. The van der Waals surface area contributed by atoms with E-state index in [1.165, 1.54) is 19.3 Å². The van der Waals surface area contributed by atoms with E-state index in [1.807, 2.05) is 6.92 Å². The van der Waals surface area contributed by atoms with Gasteiger partial charge in [-0.15, -0.1) is 0 Å². The monoisotopic (exact) mass is 294 g/mol. The average molecular weight is 294 g/mol. The van der Waals surface area contributed by atoms with Crippen molar-refractivity contribution in [3.8, 4) is 0 Å². The van der Waals surface area contributed by atoms with E-state index in [2.05, 4.69) is 20.2 Å². The molecule has 1 heterocycles. The van der Waals surface area contributed by atoms with Gasteiger partial charge in [-0.2, -0.15) is 5.10 Å². The van der Waals surface area contributed by atoms with Gasteiger partial charge in [0.2, 0.25) is 5.91 Å². The average Bonchev–Trinajstić information content (AvgIpc) is 2.87. The number of anilines is 2. The fourth-order valence-electron chi connectivity index (χ4n) is 1.61. The molecule has 3 N–H and O–H groups in total. The van der Waals surface area contributed by atoms with Crippen LogP contribution in [0.2, 0.25) is 0 Å². The lowest BCUT2D eigenvalue weighted by Crippen LogP contribution is -2.13. The molecule has 0 saturated heterocycles. The number of aromatic nitrogens is 2. The lowest BCUT2D eigenvalue weighted by Gasteiger charge is -2.11. The summed E-state index contributed by atoms with van der Waals surface area (Å²) in [5.74, 6) is -0.219. The summed E-state index contributed by atoms with van der Waals surface area (Å²) in [5.41, 5.74) is 1.76. The van der Waals surface area contributed by atoms with Crippen LogP contribution in [0.15, 0.2) is 35.5 Å². The third kappa shape index (κ3) is 3.15. The highest BCUT2D eigenvalue weighted by Crippen LogP contribution is 2.22. The first-order chi connectivity index (χ1) is 9.38. The van der Waals surface area contributed by atoms with Crippen LogP contribution in [0, 0.1) is 6.92 Å². The van der Waals surface area contributed by atoms with Crippen LogP contribution >= 0.6 is 0 Å². The minimum Gasteiger partial charge on any atom is -0.326 e. The number of H-pyrrole nitrogens is 1. The second-order valence-electron chi connectivity index (χ2n) is 4.25. The van der Waals surface area contributed by atoms with Crippen molar-refractivity contribution in [3.05, 3.63) is 36.2 Å². The van der Waals surface area contributed by atoms with Crippen LogP contribution < -0.4 is 10.0 Å². The van der Waals surface area contributed by atoms with Crippen LogP contribution in [0.25, 0.3) is 0 Å². The van der Waals surface area contributed by atoms with E-state index in [1.54, 1.807) is 18.2 Å². The Morgan fingerprint density at radius 3 is 2.70 bits per heavy atom. The standard InChI is InChI=1S/C12H14N4O3S/c1-8-3-4-10(5-12(8)15-9(2)17)16-20(18,19)11-6-13-14-7-11/h3-7,16H,1-2H3,(H,13,14)(H,15,17). The molecule has 7 nitrogen and oxygen atoms in total. The molecule has 0 radical (unpaired) electrons. The topological polar surface area (TPSA) is 104 Å². The Morgan fingerprint density at radius 2 is 2.10 bits per heavy atom. The molecule has 0 unspecified atom stereocenters. The maximum atomic E-state index is 12.0. The number of aromatic amines is 1. The molecule has 0 aliphatic heterocycles. The smallest absolute Gasteiger partial charge is 0.265 e. The first-order valence-corrected chi connectivity index (χ1v) is 7.26. The number of benzene rings is 1. The highest BCUT2D eigenvalue weighted by molar-refractivity contribution is 7.92. The van der Waals surface area contributed by atoms with E-state index < -0.39 is 10.0 Å². The Morgan fingerprint density at radius 1 is 1.35 bits per heavy atom. The summed E-state index contributed by atoms with van der Waals surface area (Å²) < 4.78 is 26.5. The number of hydrogen-bond acceptors (Lipinski definition) is 4. The van der Waals surface area contributed by atoms with Crippen molar-refractivity contribution >= 4 is 27.3 Å². The molecule has 0 saturated carbocycles. The number of nitrogens with one attached hydrogen (secondary N) is 3. The Labute approximate surface area is 116 Å². The normalized spacial score (nSPS) is 11.1. The highest BCUT2D eigenvalue weighted by atomic mass is 32.2. The molecule has 1 aromatic heterocycles. The number of nitrogens with zero attached hydrogens (tertiary/aromatic N) is 1. The zero-order chi connectivity index (χ0) is 14.8. The van der Waals surface area contributed by atoms with Crippen LogP contribution in [0.1, 0.15) is 12.5 Å². The van der Waals surface area contributed by atoms with Crippen LogP contribution in [0.4, 0.5) is 11.4 Å². The lowest BCUT2D eigenvalue weighted by molar-refractivity contribution is -0.114. The van der Waals surface area contributed by atoms with E-state index in [4.69, 9.17) is 0 Å². The van der Waals surface area contributed by atoms with Gasteiger partial charge in [0.05, 0.1) is 11.9 Å². The van der Waals surface area contributed by atoms with Gasteiger partial charge in [0.1, 0.15) is 4.90 Å². The molecule has 2 rings (SSSR count). The quantitative estimate of drug-likeness (QED) is 0.794. The molecule has 2 aromatic rings. The van der Waals surface area contributed by atoms with Crippen molar-refractivity contribution in [1.29, 1.82) is 0 Å². The van der Waals surface area contributed by atoms with Crippen molar-refractivity contribution in [1.82, 2.24) is 10.2 Å². The maximum Gasteiger partial charge on any atom is 0.265 e. The van der Waals surface area contributed by atoms with Gasteiger partial charge in [0.15, 0.2) is 0 Å². The number of aryl methyl sites for hydroxylation is 1. The van der Waals surface area contributed by atoms with Crippen molar-refractivity contribution in [2.45, 2.75) is 18.7 Å². The largest absolute Gasteiger partial charge is 0.326 e. The second kappa shape index (κ2) is 5.33. The molecule has 1 aromatic carbocycles. The SMILES string of the molecule is CC(=O)Nc1cc(NS(=O)(=O)c2cn[nH]c2)ccc1C. The van der Waals surface area contributed by atoms with Gasteiger partial charge in [-0.1, -0.05) is 6.07 Å². The lowest BCUT2D eigenvalue weighted by atomic mass is 10.2. The molecular formula is C12H14N4O3S. The number of hydrogen-bond donors (Lipinski definition) is 3. The van der Waals surface area contributed by atoms with Crippen molar-refractivity contribution < 1.29 is 13.2 Å². The summed E-state index contributed by atoms with van der Waals surface area (Å²) in [6.07, 6.45) is 2.50. The maximum absolute atomic E-state index is 12.0. The Balaban J connectivity index is 2.28. The van der Waals surface area contributed by atoms with Gasteiger partial charge in [-0.25, -0.2) is 8.42 Å². The predicted octanol–water partition coefficient (Wildman–Crippen LogP) is 1.48. The molecule has 20 heavy (non-hydrogen) atoms. The molecule has 106 valence electrons. The molecule has 0 spiro atoms. The predicted molar refractivity (Wildman–Crippen MR) is 74.9 cm³/mol. The van der Waals surface area contributed by atoms with Gasteiger partial charge in [-0.05, 0) is 24.6 Å². The van der Waals surface area contributed by atoms with E-state index in [0.29, 0.717) is 11.4 Å². The van der Waals surface area contributed by atoms with Gasteiger partial charge >= 0.3 is 0 Å². The van der Waals surface area contributed by atoms with Gasteiger partial charge in [0.25, 0.3) is 10.0 Å². The number of carbonyl (C=O) groups excluding carboxylic acids is 1.